The van der Waals surface area contributed by atoms with E-state index in [0.717, 1.165) is 5.69 Å². The lowest BCUT2D eigenvalue weighted by atomic mass is 10.3. The first-order valence-corrected chi connectivity index (χ1v) is 4.98. The third-order valence-corrected chi connectivity index (χ3v) is 2.44. The van der Waals surface area contributed by atoms with E-state index in [1.807, 2.05) is 42.5 Å². The van der Waals surface area contributed by atoms with E-state index in [0.29, 0.717) is 5.52 Å². The van der Waals surface area contributed by atoms with Crippen molar-refractivity contribution in [2.75, 3.05) is 0 Å². The maximum Gasteiger partial charge on any atom is 0.190 e. The first kappa shape index (κ1) is 8.91. The average molecular weight is 211 g/mol. The number of benzene rings is 1. The van der Waals surface area contributed by atoms with E-state index in [4.69, 9.17) is 0 Å². The number of nitrogens with zero attached hydrogens (tertiary/aromatic N) is 3. The van der Waals surface area contributed by atoms with Gasteiger partial charge in [0.15, 0.2) is 11.2 Å². The lowest BCUT2D eigenvalue weighted by Gasteiger charge is -1.99. The van der Waals surface area contributed by atoms with Gasteiger partial charge in [-0.15, -0.1) is 9.20 Å². The molecule has 0 saturated heterocycles. The highest BCUT2D eigenvalue weighted by Gasteiger charge is 2.12. The lowest BCUT2D eigenvalue weighted by molar-refractivity contribution is -0.583. The van der Waals surface area contributed by atoms with Crippen molar-refractivity contribution >= 4 is 5.52 Å². The van der Waals surface area contributed by atoms with Crippen molar-refractivity contribution in [2.45, 2.75) is 0 Å². The minimum Gasteiger partial charge on any atom is -0.837 e. The van der Waals surface area contributed by atoms with Crippen LogP contribution in [0.5, 0.6) is 5.88 Å². The van der Waals surface area contributed by atoms with Gasteiger partial charge in [-0.1, -0.05) is 24.3 Å². The van der Waals surface area contributed by atoms with Gasteiger partial charge in [0.25, 0.3) is 0 Å². The van der Waals surface area contributed by atoms with Crippen LogP contribution in [0.4, 0.5) is 0 Å². The number of fused-ring (bicyclic) bond motifs is 1. The Morgan fingerprint density at radius 2 is 1.75 bits per heavy atom. The van der Waals surface area contributed by atoms with Crippen molar-refractivity contribution in [1.29, 1.82) is 0 Å². The highest BCUT2D eigenvalue weighted by atomic mass is 16.3. The molecule has 2 heterocycles. The molecule has 0 aliphatic heterocycles. The standard InChI is InChI=1S/C12H9N3O/c16-12-11-8-4-5-9-14(11)13-15(12)10-6-2-1-3-7-10/h1-9H. The Hall–Kier alpha value is -2.36. The van der Waals surface area contributed by atoms with Crippen molar-refractivity contribution in [2.24, 2.45) is 0 Å². The van der Waals surface area contributed by atoms with Crippen LogP contribution in [0.25, 0.3) is 11.2 Å². The van der Waals surface area contributed by atoms with Gasteiger partial charge >= 0.3 is 0 Å². The summed E-state index contributed by atoms with van der Waals surface area (Å²) in [5.74, 6) is -0.105. The van der Waals surface area contributed by atoms with Crippen LogP contribution in [0.2, 0.25) is 0 Å². The average Bonchev–Trinajstić information content (AvgIpc) is 2.69. The van der Waals surface area contributed by atoms with E-state index in [9.17, 15) is 5.11 Å². The van der Waals surface area contributed by atoms with Crippen LogP contribution in [0, 0.1) is 0 Å². The molecule has 0 spiro atoms. The second kappa shape index (κ2) is 3.34. The van der Waals surface area contributed by atoms with Gasteiger partial charge in [0.1, 0.15) is 17.3 Å². The summed E-state index contributed by atoms with van der Waals surface area (Å²) in [4.78, 5) is 0. The molecule has 16 heavy (non-hydrogen) atoms. The van der Waals surface area contributed by atoms with Gasteiger partial charge in [0, 0.05) is 0 Å². The first-order chi connectivity index (χ1) is 7.86. The van der Waals surface area contributed by atoms with Crippen molar-refractivity contribution in [1.82, 2.24) is 9.90 Å². The third kappa shape index (κ3) is 1.24. The lowest BCUT2D eigenvalue weighted by Crippen LogP contribution is -2.23. The van der Waals surface area contributed by atoms with E-state index < -0.39 is 0 Å². The predicted molar refractivity (Wildman–Crippen MR) is 56.2 cm³/mol. The maximum absolute atomic E-state index is 12.0. The summed E-state index contributed by atoms with van der Waals surface area (Å²) in [5.41, 5.74) is 1.35. The Morgan fingerprint density at radius 1 is 1.00 bits per heavy atom. The summed E-state index contributed by atoms with van der Waals surface area (Å²) >= 11 is 0. The Morgan fingerprint density at radius 3 is 2.50 bits per heavy atom. The molecule has 4 nitrogen and oxygen atoms in total. The third-order valence-electron chi connectivity index (χ3n) is 2.44. The van der Waals surface area contributed by atoms with Gasteiger partial charge in [0.05, 0.1) is 0 Å². The molecule has 0 atom stereocenters. The van der Waals surface area contributed by atoms with Crippen molar-refractivity contribution in [3.63, 3.8) is 0 Å². The molecule has 1 aromatic carbocycles. The molecule has 0 radical (unpaired) electrons. The van der Waals surface area contributed by atoms with Crippen molar-refractivity contribution in [3.05, 3.63) is 54.7 Å². The van der Waals surface area contributed by atoms with E-state index in [1.165, 1.54) is 4.68 Å². The van der Waals surface area contributed by atoms with Crippen LogP contribution in [0.15, 0.2) is 54.7 Å². The molecule has 0 amide bonds. The molecule has 0 aliphatic carbocycles. The molecule has 0 saturated carbocycles. The summed E-state index contributed by atoms with van der Waals surface area (Å²) in [6, 6.07) is 14.8. The van der Waals surface area contributed by atoms with Gasteiger partial charge in [-0.2, -0.15) is 0 Å². The zero-order valence-corrected chi connectivity index (χ0v) is 8.45. The fourth-order valence-electron chi connectivity index (χ4n) is 1.67. The van der Waals surface area contributed by atoms with Gasteiger partial charge in [-0.3, -0.25) is 0 Å². The smallest absolute Gasteiger partial charge is 0.190 e. The molecule has 2 aromatic heterocycles. The zero-order chi connectivity index (χ0) is 11.0. The van der Waals surface area contributed by atoms with Gasteiger partial charge in [-0.25, -0.2) is 0 Å². The van der Waals surface area contributed by atoms with Crippen LogP contribution in [0.1, 0.15) is 0 Å². The van der Waals surface area contributed by atoms with Crippen molar-refractivity contribution < 1.29 is 9.62 Å². The molecule has 0 aliphatic rings. The van der Waals surface area contributed by atoms with E-state index >= 15 is 0 Å². The Balaban J connectivity index is 2.29. The first-order valence-electron chi connectivity index (χ1n) is 4.98. The monoisotopic (exact) mass is 211 g/mol. The van der Waals surface area contributed by atoms with Crippen molar-refractivity contribution in [3.8, 4) is 11.6 Å². The molecule has 0 bridgehead atoms. The summed E-state index contributed by atoms with van der Waals surface area (Å²) in [5, 5.41) is 16.2. The summed E-state index contributed by atoms with van der Waals surface area (Å²) in [6.07, 6.45) is 1.76. The molecule has 78 valence electrons. The van der Waals surface area contributed by atoms with Crippen LogP contribution >= 0.6 is 0 Å². The highest BCUT2D eigenvalue weighted by Crippen LogP contribution is 2.15. The summed E-state index contributed by atoms with van der Waals surface area (Å²) in [6.45, 7) is 0. The van der Waals surface area contributed by atoms with Crippen LogP contribution < -0.4 is 9.62 Å². The number of rotatable bonds is 1. The fourth-order valence-corrected chi connectivity index (χ4v) is 1.67. The Kier molecular flexibility index (Phi) is 1.86. The quantitative estimate of drug-likeness (QED) is 0.556. The summed E-state index contributed by atoms with van der Waals surface area (Å²) < 4.78 is 2.98. The largest absolute Gasteiger partial charge is 0.837 e. The molecule has 3 rings (SSSR count). The number of pyridine rings is 1. The summed E-state index contributed by atoms with van der Waals surface area (Å²) in [7, 11) is 0. The maximum atomic E-state index is 12.0. The van der Waals surface area contributed by atoms with Gasteiger partial charge in [-0.05, 0) is 24.3 Å². The Labute approximate surface area is 92.0 Å². The molecule has 0 fully saturated rings. The molecule has 3 aromatic rings. The number of hydrogen-bond acceptors (Lipinski definition) is 2. The number of para-hydroxylation sites is 1. The molecule has 0 unspecified atom stereocenters. The van der Waals surface area contributed by atoms with Crippen LogP contribution in [-0.2, 0) is 0 Å². The molecule has 0 N–H and O–H groups in total. The highest BCUT2D eigenvalue weighted by molar-refractivity contribution is 5.50. The topological polar surface area (TPSA) is 45.0 Å². The van der Waals surface area contributed by atoms with Crippen LogP contribution in [0.3, 0.4) is 0 Å². The van der Waals surface area contributed by atoms with Crippen LogP contribution in [-0.4, -0.2) is 9.90 Å². The molecular weight excluding hydrogens is 202 g/mol. The zero-order valence-electron chi connectivity index (χ0n) is 8.45. The predicted octanol–water partition coefficient (Wildman–Crippen LogP) is 0.685. The van der Waals surface area contributed by atoms with Gasteiger partial charge in [0.2, 0.25) is 0 Å². The minimum atomic E-state index is -0.105. The second-order valence-corrected chi connectivity index (χ2v) is 3.47. The van der Waals surface area contributed by atoms with E-state index in [2.05, 4.69) is 5.21 Å². The van der Waals surface area contributed by atoms with Gasteiger partial charge < -0.3 is 5.11 Å². The second-order valence-electron chi connectivity index (χ2n) is 3.47. The Bertz CT molecular complexity index is 631. The SMILES string of the molecule is [O-]c1c2cccc[n+]2nn1-c1ccccc1. The number of hydrogen-bond donors (Lipinski definition) is 0. The number of aromatic nitrogens is 3. The minimum absolute atomic E-state index is 0.105. The normalized spacial score (nSPS) is 10.8. The molecule has 4 heteroatoms. The van der Waals surface area contributed by atoms with E-state index in [-0.39, 0.29) is 5.88 Å². The molecular formula is C12H9N3O. The van der Waals surface area contributed by atoms with E-state index in [1.54, 1.807) is 16.8 Å². The fraction of sp³-hybridized carbons (Fsp3) is 0.